The third kappa shape index (κ3) is 3.04. The van der Waals surface area contributed by atoms with Crippen molar-refractivity contribution in [2.24, 2.45) is 0 Å². The summed E-state index contributed by atoms with van der Waals surface area (Å²) in [5.41, 5.74) is 4.84. The van der Waals surface area contributed by atoms with Crippen LogP contribution in [0.4, 0.5) is 0 Å². The fourth-order valence-corrected chi connectivity index (χ4v) is 4.45. The minimum Gasteiger partial charge on any atom is -0.507 e. The maximum atomic E-state index is 13.4. The Morgan fingerprint density at radius 1 is 0.906 bits per heavy atom. The number of ketones is 1. The fourth-order valence-electron chi connectivity index (χ4n) is 4.45. The van der Waals surface area contributed by atoms with E-state index in [9.17, 15) is 9.90 Å². The Kier molecular flexibility index (Phi) is 4.89. The van der Waals surface area contributed by atoms with E-state index in [-0.39, 0.29) is 17.1 Å². The van der Waals surface area contributed by atoms with Gasteiger partial charge < -0.3 is 19.0 Å². The largest absolute Gasteiger partial charge is 0.507 e. The number of phenolic OH excluding ortho intramolecular Hbond substituents is 1. The lowest BCUT2D eigenvalue weighted by molar-refractivity contribution is 0.103. The first-order chi connectivity index (χ1) is 15.5. The van der Waals surface area contributed by atoms with E-state index >= 15 is 0 Å². The molecule has 0 atom stereocenters. The van der Waals surface area contributed by atoms with Crippen LogP contribution < -0.4 is 9.47 Å². The highest BCUT2D eigenvalue weighted by molar-refractivity contribution is 6.28. The van der Waals surface area contributed by atoms with Crippen LogP contribution in [0.1, 0.15) is 41.3 Å². The molecule has 0 unspecified atom stereocenters. The van der Waals surface area contributed by atoms with E-state index in [2.05, 4.69) is 19.1 Å². The van der Waals surface area contributed by atoms with Crippen molar-refractivity contribution in [2.45, 2.75) is 26.2 Å². The van der Waals surface area contributed by atoms with Crippen LogP contribution in [-0.4, -0.2) is 25.1 Å². The molecule has 0 spiro atoms. The SMILES string of the molecule is CCCCc1ccc(-c2oc3cc(OC)cc4c3c2-c2cc(OC)cc(O)c2C4=O)cc1. The highest BCUT2D eigenvalue weighted by Crippen LogP contribution is 2.51. The summed E-state index contributed by atoms with van der Waals surface area (Å²) in [4.78, 5) is 13.4. The minimum absolute atomic E-state index is 0.118. The number of carbonyl (C=O) groups excluding carboxylic acids is 1. The summed E-state index contributed by atoms with van der Waals surface area (Å²) in [6, 6.07) is 15.1. The topological polar surface area (TPSA) is 68.9 Å². The summed E-state index contributed by atoms with van der Waals surface area (Å²) in [6.45, 7) is 2.18. The quantitative estimate of drug-likeness (QED) is 0.340. The van der Waals surface area contributed by atoms with Gasteiger partial charge in [-0.15, -0.1) is 0 Å². The van der Waals surface area contributed by atoms with Crippen LogP contribution in [0, 0.1) is 0 Å². The van der Waals surface area contributed by atoms with Gasteiger partial charge in [0.25, 0.3) is 0 Å². The lowest BCUT2D eigenvalue weighted by Crippen LogP contribution is -2.10. The predicted molar refractivity (Wildman–Crippen MR) is 124 cm³/mol. The highest BCUT2D eigenvalue weighted by atomic mass is 16.5. The summed E-state index contributed by atoms with van der Waals surface area (Å²) < 4.78 is 17.1. The fraction of sp³-hybridized carbons (Fsp3) is 0.222. The maximum Gasteiger partial charge on any atom is 0.198 e. The molecular formula is C27H24O5. The second-order valence-electron chi connectivity index (χ2n) is 8.05. The van der Waals surface area contributed by atoms with Crippen LogP contribution in [0.3, 0.4) is 0 Å². The smallest absolute Gasteiger partial charge is 0.198 e. The Labute approximate surface area is 186 Å². The molecule has 1 N–H and O–H groups in total. The van der Waals surface area contributed by atoms with Crippen molar-refractivity contribution in [1.82, 2.24) is 0 Å². The number of aryl methyl sites for hydroxylation is 1. The molecule has 0 fully saturated rings. The number of benzene rings is 3. The maximum absolute atomic E-state index is 13.4. The lowest BCUT2D eigenvalue weighted by atomic mass is 9.83. The Balaban J connectivity index is 1.80. The van der Waals surface area contributed by atoms with E-state index in [1.165, 1.54) is 18.7 Å². The van der Waals surface area contributed by atoms with E-state index in [0.29, 0.717) is 34.0 Å². The van der Waals surface area contributed by atoms with Crippen molar-refractivity contribution in [3.63, 3.8) is 0 Å². The average Bonchev–Trinajstić information content (AvgIpc) is 3.20. The third-order valence-electron chi connectivity index (χ3n) is 6.10. The average molecular weight is 428 g/mol. The molecule has 0 aliphatic heterocycles. The van der Waals surface area contributed by atoms with Gasteiger partial charge in [0.1, 0.15) is 28.6 Å². The molecule has 5 rings (SSSR count). The van der Waals surface area contributed by atoms with Crippen LogP contribution in [0.25, 0.3) is 33.4 Å². The van der Waals surface area contributed by atoms with Gasteiger partial charge in [-0.1, -0.05) is 37.6 Å². The van der Waals surface area contributed by atoms with Crippen LogP contribution in [-0.2, 0) is 6.42 Å². The van der Waals surface area contributed by atoms with Gasteiger partial charge in [-0.3, -0.25) is 4.79 Å². The number of hydrogen-bond donors (Lipinski definition) is 1. The van der Waals surface area contributed by atoms with Gasteiger partial charge in [0.15, 0.2) is 5.78 Å². The third-order valence-corrected chi connectivity index (χ3v) is 6.10. The van der Waals surface area contributed by atoms with Crippen LogP contribution in [0.5, 0.6) is 17.2 Å². The van der Waals surface area contributed by atoms with E-state index in [0.717, 1.165) is 35.8 Å². The zero-order chi connectivity index (χ0) is 22.4. The summed E-state index contributed by atoms with van der Waals surface area (Å²) in [7, 11) is 3.09. The van der Waals surface area contributed by atoms with Crippen molar-refractivity contribution in [1.29, 1.82) is 0 Å². The summed E-state index contributed by atoms with van der Waals surface area (Å²) in [5, 5.41) is 11.4. The molecular weight excluding hydrogens is 404 g/mol. The Morgan fingerprint density at radius 2 is 1.59 bits per heavy atom. The van der Waals surface area contributed by atoms with Crippen molar-refractivity contribution in [3.8, 4) is 39.7 Å². The molecule has 1 aliphatic rings. The molecule has 0 radical (unpaired) electrons. The number of methoxy groups -OCH3 is 2. The standard InChI is InChI=1S/C27H24O5/c1-4-5-6-15-7-9-16(10-8-15)27-25-19-11-17(30-2)13-21(28)23(19)26(29)20-12-18(31-3)14-22(32-27)24(20)25/h7-14,28H,4-6H2,1-3H3. The number of hydrogen-bond acceptors (Lipinski definition) is 5. The number of rotatable bonds is 6. The number of furan rings is 1. The molecule has 1 heterocycles. The first kappa shape index (κ1) is 20.2. The van der Waals surface area contributed by atoms with Crippen molar-refractivity contribution in [2.75, 3.05) is 14.2 Å². The van der Waals surface area contributed by atoms with E-state index < -0.39 is 0 Å². The normalized spacial score (nSPS) is 12.2. The first-order valence-electron chi connectivity index (χ1n) is 10.8. The highest BCUT2D eigenvalue weighted by Gasteiger charge is 2.34. The molecule has 0 saturated heterocycles. The first-order valence-corrected chi connectivity index (χ1v) is 10.8. The Hall–Kier alpha value is -3.73. The van der Waals surface area contributed by atoms with Gasteiger partial charge in [-0.2, -0.15) is 0 Å². The van der Waals surface area contributed by atoms with Gasteiger partial charge >= 0.3 is 0 Å². The molecule has 3 aromatic carbocycles. The number of unbranched alkanes of at least 4 members (excludes halogenated alkanes) is 1. The van der Waals surface area contributed by atoms with E-state index in [4.69, 9.17) is 13.9 Å². The number of fused-ring (bicyclic) bond motifs is 2. The predicted octanol–water partition coefficient (Wildman–Crippen LogP) is 6.38. The minimum atomic E-state index is -0.265. The van der Waals surface area contributed by atoms with Crippen LogP contribution in [0.2, 0.25) is 0 Å². The Morgan fingerprint density at radius 3 is 2.28 bits per heavy atom. The van der Waals surface area contributed by atoms with Crippen LogP contribution in [0.15, 0.2) is 52.9 Å². The molecule has 162 valence electrons. The van der Waals surface area contributed by atoms with E-state index in [1.807, 2.05) is 12.1 Å². The number of ether oxygens (including phenoxy) is 2. The molecule has 1 aromatic heterocycles. The molecule has 0 saturated carbocycles. The summed E-state index contributed by atoms with van der Waals surface area (Å²) in [6.07, 6.45) is 3.33. The summed E-state index contributed by atoms with van der Waals surface area (Å²) in [5.74, 6) is 1.27. The molecule has 1 aliphatic carbocycles. The molecule has 0 amide bonds. The Bertz CT molecular complexity index is 1350. The van der Waals surface area contributed by atoms with E-state index in [1.54, 1.807) is 25.3 Å². The van der Waals surface area contributed by atoms with Gasteiger partial charge in [-0.05, 0) is 30.5 Å². The molecule has 5 nitrogen and oxygen atoms in total. The second-order valence-corrected chi connectivity index (χ2v) is 8.05. The number of carbonyl (C=O) groups is 1. The zero-order valence-corrected chi connectivity index (χ0v) is 18.3. The number of phenols is 1. The molecule has 5 heteroatoms. The van der Waals surface area contributed by atoms with Gasteiger partial charge in [-0.25, -0.2) is 0 Å². The van der Waals surface area contributed by atoms with Gasteiger partial charge in [0, 0.05) is 39.8 Å². The van der Waals surface area contributed by atoms with Crippen molar-refractivity contribution in [3.05, 3.63) is 65.2 Å². The summed E-state index contributed by atoms with van der Waals surface area (Å²) >= 11 is 0. The van der Waals surface area contributed by atoms with Crippen molar-refractivity contribution >= 4 is 16.8 Å². The number of aromatic hydroxyl groups is 1. The molecule has 4 aromatic rings. The molecule has 0 bridgehead atoms. The lowest BCUT2D eigenvalue weighted by Gasteiger charge is -2.19. The zero-order valence-electron chi connectivity index (χ0n) is 18.3. The molecule has 32 heavy (non-hydrogen) atoms. The van der Waals surface area contributed by atoms with Gasteiger partial charge in [0.05, 0.1) is 19.8 Å². The second kappa shape index (κ2) is 7.75. The van der Waals surface area contributed by atoms with Crippen molar-refractivity contribution < 1.29 is 23.8 Å². The monoisotopic (exact) mass is 428 g/mol. The van der Waals surface area contributed by atoms with Crippen LogP contribution >= 0.6 is 0 Å². The van der Waals surface area contributed by atoms with Gasteiger partial charge in [0.2, 0.25) is 0 Å².